The van der Waals surface area contributed by atoms with Gasteiger partial charge in [-0.2, -0.15) is 21.1 Å². The summed E-state index contributed by atoms with van der Waals surface area (Å²) in [6.45, 7) is 14.1. The average molecular weight is 543 g/mol. The Balaban J connectivity index is 0.000000562. The van der Waals surface area contributed by atoms with Gasteiger partial charge in [-0.15, -0.1) is 0 Å². The van der Waals surface area contributed by atoms with Crippen LogP contribution < -0.4 is 0 Å². The van der Waals surface area contributed by atoms with E-state index in [9.17, 15) is 0 Å². The van der Waals surface area contributed by atoms with Gasteiger partial charge >= 0.3 is 0 Å². The summed E-state index contributed by atoms with van der Waals surface area (Å²) >= 11 is -1.20. The zero-order valence-corrected chi connectivity index (χ0v) is 28.3. The van der Waals surface area contributed by atoms with Crippen molar-refractivity contribution in [3.05, 3.63) is 60.7 Å². The van der Waals surface area contributed by atoms with E-state index in [1.807, 2.05) is 12.1 Å². The first kappa shape index (κ1) is 36.4. The van der Waals surface area contributed by atoms with Gasteiger partial charge in [0.25, 0.3) is 0 Å². The SMILES string of the molecule is CCCCCC[PH2+]C.CCC[CH2][Al-]([CH2]CCC)([CH2]CCC)[CH2]CCC.c1ccc(-c2ccccc2)cc1. The Morgan fingerprint density at radius 1 is 0.459 bits per heavy atom. The topological polar surface area (TPSA) is 0 Å². The van der Waals surface area contributed by atoms with Gasteiger partial charge in [0.1, 0.15) is 13.1 Å². The minimum atomic E-state index is -1.20. The Labute approximate surface area is 238 Å². The van der Waals surface area contributed by atoms with Crippen molar-refractivity contribution in [2.75, 3.05) is 12.8 Å². The fraction of sp³-hybridized carbons (Fsp3) is 0.657. The molecular weight excluding hydrogens is 478 g/mol. The van der Waals surface area contributed by atoms with Gasteiger partial charge in [-0.05, 0) is 32.5 Å². The first-order valence-corrected chi connectivity index (χ1v) is 21.5. The minimum absolute atomic E-state index is 0.778. The molecule has 0 fully saturated rings. The molecule has 0 saturated heterocycles. The second-order valence-corrected chi connectivity index (χ2v) is 18.5. The van der Waals surface area contributed by atoms with E-state index in [-0.39, 0.29) is 0 Å². The third-order valence-electron chi connectivity index (χ3n) is 7.91. The number of benzene rings is 2. The molecule has 0 aromatic heterocycles. The Kier molecular flexibility index (Phi) is 26.6. The molecule has 1 atom stereocenters. The predicted molar refractivity (Wildman–Crippen MR) is 181 cm³/mol. The summed E-state index contributed by atoms with van der Waals surface area (Å²) in [6, 6.07) is 20.8. The molecule has 0 N–H and O–H groups in total. The van der Waals surface area contributed by atoms with E-state index in [0.29, 0.717) is 0 Å². The van der Waals surface area contributed by atoms with Gasteiger partial charge in [0.05, 0.1) is 6.16 Å². The lowest BCUT2D eigenvalue weighted by Gasteiger charge is -2.36. The van der Waals surface area contributed by atoms with Gasteiger partial charge in [-0.25, -0.2) is 0 Å². The molecule has 212 valence electrons. The lowest BCUT2D eigenvalue weighted by molar-refractivity contribution is 0.706. The Hall–Kier alpha value is -0.598. The summed E-state index contributed by atoms with van der Waals surface area (Å²) in [5.74, 6) is 0. The number of hydrogen-bond acceptors (Lipinski definition) is 0. The van der Waals surface area contributed by atoms with Crippen LogP contribution in [0.2, 0.25) is 21.1 Å². The molecule has 2 heteroatoms. The van der Waals surface area contributed by atoms with E-state index < -0.39 is 13.1 Å². The van der Waals surface area contributed by atoms with Crippen LogP contribution in [0, 0.1) is 0 Å². The fourth-order valence-corrected chi connectivity index (χ4v) is 13.0. The molecule has 0 amide bonds. The van der Waals surface area contributed by atoms with Crippen molar-refractivity contribution in [1.29, 1.82) is 0 Å². The molecule has 2 aromatic carbocycles. The number of unbranched alkanes of at least 4 members (excludes halogenated alkanes) is 7. The minimum Gasteiger partial charge on any atom is -0.191 e. The monoisotopic (exact) mass is 542 g/mol. The van der Waals surface area contributed by atoms with Crippen molar-refractivity contribution in [1.82, 2.24) is 0 Å². The highest BCUT2D eigenvalue weighted by molar-refractivity contribution is 7.36. The van der Waals surface area contributed by atoms with Gasteiger partial charge in [0, 0.05) is 6.66 Å². The fourth-order valence-electron chi connectivity index (χ4n) is 5.45. The molecule has 0 nitrogen and oxygen atoms in total. The maximum atomic E-state index is 2.36. The van der Waals surface area contributed by atoms with Crippen LogP contribution in [0.5, 0.6) is 0 Å². The van der Waals surface area contributed by atoms with Crippen molar-refractivity contribution in [3.8, 4) is 11.1 Å². The maximum absolute atomic E-state index is 2.36. The summed E-state index contributed by atoms with van der Waals surface area (Å²) in [5.41, 5.74) is 2.55. The van der Waals surface area contributed by atoms with Crippen molar-refractivity contribution in [2.24, 2.45) is 0 Å². The van der Waals surface area contributed by atoms with Gasteiger partial charge in [0.2, 0.25) is 0 Å². The first-order valence-electron chi connectivity index (χ1n) is 16.2. The second-order valence-electron chi connectivity index (χ2n) is 11.3. The molecule has 0 aliphatic heterocycles. The standard InChI is InChI=1S/C12H10.C7H17P.4C4H9.Al/c1-3-7-11(8-4-1)12-9-5-2-6-10-12;1-3-4-5-6-7-8-2;4*1-3-4-2;/h1-10H;8H,3-7H2,1-2H3;4*1,3-4H2,2H3;/q;;;;;;-1/p+1. The van der Waals surface area contributed by atoms with E-state index in [1.165, 1.54) is 94.3 Å². The lowest BCUT2D eigenvalue weighted by Crippen LogP contribution is -2.33. The first-order chi connectivity index (χ1) is 18.1. The molecule has 0 spiro atoms. The van der Waals surface area contributed by atoms with Crippen molar-refractivity contribution < 1.29 is 0 Å². The molecule has 0 aliphatic rings. The summed E-state index contributed by atoms with van der Waals surface area (Å²) in [7, 11) is 0.778. The second kappa shape index (κ2) is 27.0. The molecule has 0 radical (unpaired) electrons. The zero-order chi connectivity index (χ0) is 27.5. The van der Waals surface area contributed by atoms with Crippen molar-refractivity contribution >= 4 is 21.7 Å². The predicted octanol–water partition coefficient (Wildman–Crippen LogP) is 12.6. The zero-order valence-electron chi connectivity index (χ0n) is 25.9. The quantitative estimate of drug-likeness (QED) is 0.0998. The van der Waals surface area contributed by atoms with Crippen LogP contribution >= 0.6 is 8.58 Å². The van der Waals surface area contributed by atoms with Crippen molar-refractivity contribution in [3.63, 3.8) is 0 Å². The number of rotatable bonds is 18. The molecule has 2 rings (SSSR count). The maximum Gasteiger partial charge on any atom is 0.134 e. The molecular formula is C35H64AlP. The molecule has 1 unspecified atom stereocenters. The molecule has 0 aliphatic carbocycles. The smallest absolute Gasteiger partial charge is 0.134 e. The van der Waals surface area contributed by atoms with Gasteiger partial charge < -0.3 is 0 Å². The Morgan fingerprint density at radius 2 is 0.811 bits per heavy atom. The van der Waals surface area contributed by atoms with E-state index in [1.54, 1.807) is 21.1 Å². The lowest BCUT2D eigenvalue weighted by atomic mass is 10.1. The summed E-state index contributed by atoms with van der Waals surface area (Å²) in [5, 5.41) is 6.62. The van der Waals surface area contributed by atoms with E-state index >= 15 is 0 Å². The van der Waals surface area contributed by atoms with Gasteiger partial charge in [-0.3, -0.25) is 0 Å². The van der Waals surface area contributed by atoms with Crippen LogP contribution in [0.4, 0.5) is 0 Å². The molecule has 0 saturated carbocycles. The third kappa shape index (κ3) is 20.0. The number of hydrogen-bond donors (Lipinski definition) is 0. The average Bonchev–Trinajstić information content (AvgIpc) is 2.96. The summed E-state index contributed by atoms with van der Waals surface area (Å²) in [6.07, 6.45) is 19.0. The van der Waals surface area contributed by atoms with E-state index in [4.69, 9.17) is 0 Å². The van der Waals surface area contributed by atoms with E-state index in [2.05, 4.69) is 89.8 Å². The van der Waals surface area contributed by atoms with Gasteiger partial charge in [-0.1, -0.05) is 159 Å². The van der Waals surface area contributed by atoms with Gasteiger partial charge in [0.15, 0.2) is 0 Å². The largest absolute Gasteiger partial charge is 0.191 e. The van der Waals surface area contributed by atoms with Crippen LogP contribution in [-0.2, 0) is 0 Å². The molecule has 0 heterocycles. The summed E-state index contributed by atoms with van der Waals surface area (Å²) < 4.78 is 0. The highest BCUT2D eigenvalue weighted by Gasteiger charge is 2.26. The normalized spacial score (nSPS) is 11.1. The van der Waals surface area contributed by atoms with Crippen LogP contribution in [-0.4, -0.2) is 25.9 Å². The summed E-state index contributed by atoms with van der Waals surface area (Å²) in [4.78, 5) is 0. The van der Waals surface area contributed by atoms with Crippen molar-refractivity contribution in [2.45, 2.75) is 133 Å². The van der Waals surface area contributed by atoms with Crippen LogP contribution in [0.3, 0.4) is 0 Å². The Bertz CT molecular complexity index is 604. The molecule has 2 aromatic rings. The van der Waals surface area contributed by atoms with Crippen LogP contribution in [0.1, 0.15) is 112 Å². The highest BCUT2D eigenvalue weighted by Crippen LogP contribution is 2.33. The third-order valence-corrected chi connectivity index (χ3v) is 15.4. The van der Waals surface area contributed by atoms with Crippen LogP contribution in [0.25, 0.3) is 11.1 Å². The van der Waals surface area contributed by atoms with E-state index in [0.717, 1.165) is 8.58 Å². The molecule has 37 heavy (non-hydrogen) atoms. The highest BCUT2D eigenvalue weighted by atomic mass is 31.1. The van der Waals surface area contributed by atoms with Crippen LogP contribution in [0.15, 0.2) is 60.7 Å². The Morgan fingerprint density at radius 3 is 1.11 bits per heavy atom. The molecule has 0 bridgehead atoms.